The van der Waals surface area contributed by atoms with E-state index < -0.39 is 12.1 Å². The third kappa shape index (κ3) is 4.43. The summed E-state index contributed by atoms with van der Waals surface area (Å²) in [6.07, 6.45) is 1.38. The first-order valence-corrected chi connectivity index (χ1v) is 7.42. The number of carbonyl (C=O) groups is 2. The van der Waals surface area contributed by atoms with Crippen molar-refractivity contribution in [2.45, 2.75) is 32.0 Å². The van der Waals surface area contributed by atoms with E-state index in [1.165, 1.54) is 18.2 Å². The number of carboxylic acid groups (broad SMARTS) is 1. The Kier molecular flexibility index (Phi) is 5.76. The number of halogens is 1. The summed E-state index contributed by atoms with van der Waals surface area (Å²) in [7, 11) is 0. The number of hydrogen-bond acceptors (Lipinski definition) is 4. The molecule has 1 fully saturated rings. The average molecular weight is 328 g/mol. The van der Waals surface area contributed by atoms with Crippen LogP contribution in [0.4, 0.5) is 5.69 Å². The number of anilines is 1. The predicted molar refractivity (Wildman–Crippen MR) is 81.4 cm³/mol. The van der Waals surface area contributed by atoms with E-state index in [1.807, 2.05) is 0 Å². The molecule has 1 amide bonds. The van der Waals surface area contributed by atoms with Crippen LogP contribution >= 0.6 is 11.6 Å². The minimum absolute atomic E-state index is 0.0117. The molecular weight excluding hydrogens is 310 g/mol. The average Bonchev–Trinajstić information content (AvgIpc) is 2.97. The fourth-order valence-electron chi connectivity index (χ4n) is 2.11. The zero-order valence-corrected chi connectivity index (χ0v) is 12.9. The molecule has 7 heteroatoms. The summed E-state index contributed by atoms with van der Waals surface area (Å²) in [5.74, 6) is -1.44. The van der Waals surface area contributed by atoms with E-state index in [0.717, 1.165) is 19.4 Å². The van der Waals surface area contributed by atoms with E-state index in [1.54, 1.807) is 6.92 Å². The number of carbonyl (C=O) groups excluding carboxylic acids is 1. The molecule has 1 heterocycles. The minimum Gasteiger partial charge on any atom is -0.478 e. The van der Waals surface area contributed by atoms with Crippen molar-refractivity contribution in [3.63, 3.8) is 0 Å². The lowest BCUT2D eigenvalue weighted by molar-refractivity contribution is -0.128. The Hall–Kier alpha value is -1.63. The molecule has 2 unspecified atom stereocenters. The van der Waals surface area contributed by atoms with Gasteiger partial charge in [-0.05, 0) is 38.0 Å². The largest absolute Gasteiger partial charge is 0.478 e. The van der Waals surface area contributed by atoms with Gasteiger partial charge in [-0.3, -0.25) is 4.79 Å². The number of carboxylic acids is 1. The summed E-state index contributed by atoms with van der Waals surface area (Å²) in [6.45, 7) is 2.77. The number of nitrogens with one attached hydrogen (secondary N) is 1. The van der Waals surface area contributed by atoms with Crippen LogP contribution in [-0.4, -0.2) is 42.4 Å². The molecule has 0 saturated carbocycles. The summed E-state index contributed by atoms with van der Waals surface area (Å²) in [5.41, 5.74) is 0.412. The minimum atomic E-state index is -1.11. The normalized spacial score (nSPS) is 18.9. The summed E-state index contributed by atoms with van der Waals surface area (Å²) < 4.78 is 10.9. The standard InChI is InChI=1S/C15H18ClNO5/c1-9(22-8-11-3-2-6-21-11)14(18)17-10-4-5-12(15(19)20)13(16)7-10/h4-5,7,9,11H,2-3,6,8H2,1H3,(H,17,18)(H,19,20). The molecule has 0 bridgehead atoms. The van der Waals surface area contributed by atoms with Crippen LogP contribution in [0, 0.1) is 0 Å². The van der Waals surface area contributed by atoms with Crippen molar-refractivity contribution in [3.8, 4) is 0 Å². The van der Waals surface area contributed by atoms with Gasteiger partial charge in [0.05, 0.1) is 23.3 Å². The van der Waals surface area contributed by atoms with Gasteiger partial charge in [-0.25, -0.2) is 4.79 Å². The highest BCUT2D eigenvalue weighted by Gasteiger charge is 2.20. The molecule has 22 heavy (non-hydrogen) atoms. The number of benzene rings is 1. The van der Waals surface area contributed by atoms with Crippen molar-refractivity contribution in [3.05, 3.63) is 28.8 Å². The summed E-state index contributed by atoms with van der Waals surface area (Å²) in [5, 5.41) is 11.6. The molecule has 0 radical (unpaired) electrons. The fraction of sp³-hybridized carbons (Fsp3) is 0.467. The number of amides is 1. The van der Waals surface area contributed by atoms with Crippen LogP contribution in [0.15, 0.2) is 18.2 Å². The molecule has 1 saturated heterocycles. The van der Waals surface area contributed by atoms with E-state index in [4.69, 9.17) is 26.2 Å². The quantitative estimate of drug-likeness (QED) is 0.838. The Bertz CT molecular complexity index is 557. The third-order valence-electron chi connectivity index (χ3n) is 3.39. The van der Waals surface area contributed by atoms with Gasteiger partial charge >= 0.3 is 5.97 Å². The van der Waals surface area contributed by atoms with Crippen LogP contribution in [0.3, 0.4) is 0 Å². The smallest absolute Gasteiger partial charge is 0.337 e. The monoisotopic (exact) mass is 327 g/mol. The maximum absolute atomic E-state index is 12.0. The molecule has 6 nitrogen and oxygen atoms in total. The topological polar surface area (TPSA) is 84.9 Å². The maximum atomic E-state index is 12.0. The van der Waals surface area contributed by atoms with E-state index in [9.17, 15) is 9.59 Å². The van der Waals surface area contributed by atoms with Crippen LogP contribution in [0.1, 0.15) is 30.1 Å². The Labute approximate surface area is 133 Å². The summed E-state index contributed by atoms with van der Waals surface area (Å²) in [6, 6.07) is 4.23. The Morgan fingerprint density at radius 1 is 1.55 bits per heavy atom. The fourth-order valence-corrected chi connectivity index (χ4v) is 2.37. The predicted octanol–water partition coefficient (Wildman–Crippen LogP) is 2.56. The number of rotatable bonds is 6. The molecule has 2 rings (SSSR count). The molecule has 1 aliphatic heterocycles. The van der Waals surface area contributed by atoms with Gasteiger partial charge in [0.2, 0.25) is 0 Å². The SMILES string of the molecule is CC(OCC1CCCO1)C(=O)Nc1ccc(C(=O)O)c(Cl)c1. The number of hydrogen-bond donors (Lipinski definition) is 2. The first-order valence-electron chi connectivity index (χ1n) is 7.04. The highest BCUT2D eigenvalue weighted by Crippen LogP contribution is 2.21. The van der Waals surface area contributed by atoms with E-state index in [0.29, 0.717) is 12.3 Å². The molecule has 2 N–H and O–H groups in total. The van der Waals surface area contributed by atoms with Crippen molar-refractivity contribution in [2.75, 3.05) is 18.5 Å². The summed E-state index contributed by atoms with van der Waals surface area (Å²) >= 11 is 5.85. The van der Waals surface area contributed by atoms with Gasteiger partial charge in [-0.15, -0.1) is 0 Å². The van der Waals surface area contributed by atoms with Crippen LogP contribution < -0.4 is 5.32 Å². The number of aromatic carboxylic acids is 1. The molecule has 1 aromatic carbocycles. The van der Waals surface area contributed by atoms with E-state index in [-0.39, 0.29) is 22.6 Å². The number of ether oxygens (including phenoxy) is 2. The van der Waals surface area contributed by atoms with Crippen LogP contribution in [0.5, 0.6) is 0 Å². The lowest BCUT2D eigenvalue weighted by atomic mass is 10.2. The highest BCUT2D eigenvalue weighted by atomic mass is 35.5. The molecule has 0 aliphatic carbocycles. The zero-order chi connectivity index (χ0) is 16.1. The first kappa shape index (κ1) is 16.7. The van der Waals surface area contributed by atoms with Crippen LogP contribution in [-0.2, 0) is 14.3 Å². The van der Waals surface area contributed by atoms with Gasteiger partial charge in [-0.2, -0.15) is 0 Å². The molecular formula is C15H18ClNO5. The molecule has 1 aliphatic rings. The van der Waals surface area contributed by atoms with Crippen LogP contribution in [0.25, 0.3) is 0 Å². The molecule has 120 valence electrons. The summed E-state index contributed by atoms with van der Waals surface area (Å²) in [4.78, 5) is 22.9. The van der Waals surface area contributed by atoms with Gasteiger partial charge in [0.1, 0.15) is 6.10 Å². The van der Waals surface area contributed by atoms with Crippen molar-refractivity contribution in [1.29, 1.82) is 0 Å². The van der Waals surface area contributed by atoms with Gasteiger partial charge in [0, 0.05) is 12.3 Å². The maximum Gasteiger partial charge on any atom is 0.337 e. The van der Waals surface area contributed by atoms with Crippen molar-refractivity contribution in [2.24, 2.45) is 0 Å². The lowest BCUT2D eigenvalue weighted by Crippen LogP contribution is -2.30. The van der Waals surface area contributed by atoms with Gasteiger partial charge < -0.3 is 19.9 Å². The van der Waals surface area contributed by atoms with E-state index >= 15 is 0 Å². The molecule has 0 aromatic heterocycles. The molecule has 0 spiro atoms. The second kappa shape index (κ2) is 7.58. The Morgan fingerprint density at radius 2 is 2.32 bits per heavy atom. The van der Waals surface area contributed by atoms with Gasteiger partial charge in [0.25, 0.3) is 5.91 Å². The highest BCUT2D eigenvalue weighted by molar-refractivity contribution is 6.33. The van der Waals surface area contributed by atoms with Crippen LogP contribution in [0.2, 0.25) is 5.02 Å². The van der Waals surface area contributed by atoms with Crippen molar-refractivity contribution >= 4 is 29.2 Å². The second-order valence-corrected chi connectivity index (χ2v) is 5.51. The van der Waals surface area contributed by atoms with Gasteiger partial charge in [-0.1, -0.05) is 11.6 Å². The van der Waals surface area contributed by atoms with E-state index in [2.05, 4.69) is 5.32 Å². The van der Waals surface area contributed by atoms with Gasteiger partial charge in [0.15, 0.2) is 0 Å². The second-order valence-electron chi connectivity index (χ2n) is 5.10. The Morgan fingerprint density at radius 3 is 2.91 bits per heavy atom. The van der Waals surface area contributed by atoms with Crippen molar-refractivity contribution in [1.82, 2.24) is 0 Å². The zero-order valence-electron chi connectivity index (χ0n) is 12.2. The first-order chi connectivity index (χ1) is 10.5. The molecule has 1 aromatic rings. The Balaban J connectivity index is 1.87. The molecule has 2 atom stereocenters. The third-order valence-corrected chi connectivity index (χ3v) is 3.71. The van der Waals surface area contributed by atoms with Crippen molar-refractivity contribution < 1.29 is 24.2 Å². The lowest BCUT2D eigenvalue weighted by Gasteiger charge is -2.16.